The van der Waals surface area contributed by atoms with Crippen molar-refractivity contribution in [1.29, 1.82) is 0 Å². The van der Waals surface area contributed by atoms with E-state index < -0.39 is 12.1 Å². The summed E-state index contributed by atoms with van der Waals surface area (Å²) in [5.41, 5.74) is 7.30. The third kappa shape index (κ3) is 5.00. The van der Waals surface area contributed by atoms with Gasteiger partial charge in [-0.15, -0.1) is 0 Å². The lowest BCUT2D eigenvalue weighted by Gasteiger charge is -2.17. The molecule has 0 amide bonds. The van der Waals surface area contributed by atoms with Crippen molar-refractivity contribution in [3.8, 4) is 0 Å². The van der Waals surface area contributed by atoms with E-state index in [0.29, 0.717) is 5.75 Å². The Morgan fingerprint density at radius 1 is 1.35 bits per heavy atom. The molecule has 1 unspecified atom stereocenters. The van der Waals surface area contributed by atoms with Crippen LogP contribution in [-0.2, 0) is 5.75 Å². The van der Waals surface area contributed by atoms with Crippen molar-refractivity contribution >= 4 is 11.8 Å². The Balaban J connectivity index is 2.42. The van der Waals surface area contributed by atoms with E-state index in [1.165, 1.54) is 11.8 Å². The molecule has 1 aromatic rings. The lowest BCUT2D eigenvalue weighted by Crippen LogP contribution is -2.32. The Kier molecular flexibility index (Phi) is 5.33. The predicted molar refractivity (Wildman–Crippen MR) is 65.9 cm³/mol. The second kappa shape index (κ2) is 6.31. The molecule has 0 bridgehead atoms. The Morgan fingerprint density at radius 3 is 2.59 bits per heavy atom. The summed E-state index contributed by atoms with van der Waals surface area (Å²) in [5, 5.41) is 0. The molecule has 1 nitrogen and oxygen atoms in total. The van der Waals surface area contributed by atoms with Crippen molar-refractivity contribution in [2.24, 2.45) is 11.7 Å². The van der Waals surface area contributed by atoms with Crippen LogP contribution in [0.25, 0.3) is 0 Å². The molecule has 0 aromatic heterocycles. The predicted octanol–water partition coefficient (Wildman–Crippen LogP) is 3.37. The monoisotopic (exact) mass is 263 g/mol. The van der Waals surface area contributed by atoms with Gasteiger partial charge in [0.15, 0.2) is 0 Å². The molecular weight excluding hydrogens is 247 g/mol. The first-order valence-corrected chi connectivity index (χ1v) is 6.49. The molecule has 0 radical (unpaired) electrons. The minimum atomic E-state index is -4.19. The number of rotatable bonds is 5. The van der Waals surface area contributed by atoms with Gasteiger partial charge < -0.3 is 5.73 Å². The maximum absolute atomic E-state index is 12.4. The summed E-state index contributed by atoms with van der Waals surface area (Å²) in [5.74, 6) is -0.792. The van der Waals surface area contributed by atoms with Gasteiger partial charge in [-0.25, -0.2) is 0 Å². The van der Waals surface area contributed by atoms with E-state index >= 15 is 0 Å². The molecule has 0 saturated heterocycles. The summed E-state index contributed by atoms with van der Waals surface area (Å²) in [6.45, 7) is 1.62. The fourth-order valence-electron chi connectivity index (χ4n) is 1.42. The molecule has 0 aliphatic heterocycles. The summed E-state index contributed by atoms with van der Waals surface area (Å²) < 4.78 is 37.3. The van der Waals surface area contributed by atoms with Gasteiger partial charge in [-0.05, 0) is 12.5 Å². The molecule has 0 aliphatic carbocycles. The highest BCUT2D eigenvalue weighted by Crippen LogP contribution is 2.29. The summed E-state index contributed by atoms with van der Waals surface area (Å²) >= 11 is 1.27. The first kappa shape index (κ1) is 14.4. The first-order chi connectivity index (χ1) is 7.93. The van der Waals surface area contributed by atoms with Gasteiger partial charge >= 0.3 is 6.18 Å². The van der Waals surface area contributed by atoms with Crippen LogP contribution in [0.4, 0.5) is 13.2 Å². The van der Waals surface area contributed by atoms with Gasteiger partial charge in [0.25, 0.3) is 0 Å². The molecule has 96 valence electrons. The maximum atomic E-state index is 12.4. The Labute approximate surface area is 104 Å². The largest absolute Gasteiger partial charge is 0.393 e. The standard InChI is InChI=1S/C12H16F3NS/c1-9-3-2-4-10(5-9)7-17-8-11(6-16)12(13,14)15/h2-5,11H,6-8,16H2,1H3. The Bertz CT molecular complexity index is 352. The molecule has 0 saturated carbocycles. The third-order valence-electron chi connectivity index (χ3n) is 2.42. The van der Waals surface area contributed by atoms with Crippen LogP contribution in [0.3, 0.4) is 0 Å². The van der Waals surface area contributed by atoms with Gasteiger partial charge in [-0.1, -0.05) is 29.8 Å². The van der Waals surface area contributed by atoms with Crippen LogP contribution in [0.15, 0.2) is 24.3 Å². The molecule has 0 fully saturated rings. The van der Waals surface area contributed by atoms with Gasteiger partial charge in [-0.3, -0.25) is 0 Å². The first-order valence-electron chi connectivity index (χ1n) is 5.33. The summed E-state index contributed by atoms with van der Waals surface area (Å²) in [6, 6.07) is 7.78. The zero-order valence-electron chi connectivity index (χ0n) is 9.63. The second-order valence-electron chi connectivity index (χ2n) is 3.98. The summed E-state index contributed by atoms with van der Waals surface area (Å²) in [4.78, 5) is 0. The number of nitrogens with two attached hydrogens (primary N) is 1. The quantitative estimate of drug-likeness (QED) is 0.881. The van der Waals surface area contributed by atoms with Gasteiger partial charge in [0.1, 0.15) is 0 Å². The highest BCUT2D eigenvalue weighted by molar-refractivity contribution is 7.98. The number of halogens is 3. The van der Waals surface area contributed by atoms with Crippen LogP contribution in [-0.4, -0.2) is 18.5 Å². The SMILES string of the molecule is Cc1cccc(CSCC(CN)C(F)(F)F)c1. The van der Waals surface area contributed by atoms with Crippen LogP contribution in [0.2, 0.25) is 0 Å². The van der Waals surface area contributed by atoms with Gasteiger partial charge in [0.05, 0.1) is 5.92 Å². The van der Waals surface area contributed by atoms with E-state index in [-0.39, 0.29) is 12.3 Å². The van der Waals surface area contributed by atoms with Crippen LogP contribution < -0.4 is 5.73 Å². The molecule has 0 heterocycles. The Hall–Kier alpha value is -0.680. The topological polar surface area (TPSA) is 26.0 Å². The number of aryl methyl sites for hydroxylation is 1. The third-order valence-corrected chi connectivity index (χ3v) is 3.59. The van der Waals surface area contributed by atoms with Gasteiger partial charge in [0.2, 0.25) is 0 Å². The smallest absolute Gasteiger partial charge is 0.330 e. The fraction of sp³-hybridized carbons (Fsp3) is 0.500. The zero-order chi connectivity index (χ0) is 12.9. The number of thioether (sulfide) groups is 1. The Morgan fingerprint density at radius 2 is 2.06 bits per heavy atom. The number of benzene rings is 1. The highest BCUT2D eigenvalue weighted by Gasteiger charge is 2.38. The molecule has 1 atom stereocenters. The van der Waals surface area contributed by atoms with Crippen LogP contribution in [0, 0.1) is 12.8 Å². The molecule has 0 spiro atoms. The number of alkyl halides is 3. The summed E-state index contributed by atoms with van der Waals surface area (Å²) in [7, 11) is 0. The van der Waals surface area contributed by atoms with Crippen LogP contribution in [0.5, 0.6) is 0 Å². The minimum absolute atomic E-state index is 0.0218. The van der Waals surface area contributed by atoms with E-state index in [1.54, 1.807) is 0 Å². The van der Waals surface area contributed by atoms with E-state index in [2.05, 4.69) is 0 Å². The van der Waals surface area contributed by atoms with Crippen molar-refractivity contribution in [1.82, 2.24) is 0 Å². The second-order valence-corrected chi connectivity index (χ2v) is 5.01. The molecule has 0 aliphatic rings. The highest BCUT2D eigenvalue weighted by atomic mass is 32.2. The fourth-order valence-corrected chi connectivity index (χ4v) is 2.56. The van der Waals surface area contributed by atoms with Crippen molar-refractivity contribution in [2.75, 3.05) is 12.3 Å². The van der Waals surface area contributed by atoms with Crippen molar-refractivity contribution in [3.05, 3.63) is 35.4 Å². The average Bonchev–Trinajstić information content (AvgIpc) is 2.22. The van der Waals surface area contributed by atoms with E-state index in [0.717, 1.165) is 11.1 Å². The number of hydrogen-bond acceptors (Lipinski definition) is 2. The number of hydrogen-bond donors (Lipinski definition) is 1. The molecule has 1 aromatic carbocycles. The molecule has 2 N–H and O–H groups in total. The lowest BCUT2D eigenvalue weighted by molar-refractivity contribution is -0.165. The van der Waals surface area contributed by atoms with Gasteiger partial charge in [-0.2, -0.15) is 24.9 Å². The zero-order valence-corrected chi connectivity index (χ0v) is 10.4. The van der Waals surface area contributed by atoms with Crippen molar-refractivity contribution in [3.63, 3.8) is 0 Å². The lowest BCUT2D eigenvalue weighted by atomic mass is 10.2. The molecular formula is C12H16F3NS. The van der Waals surface area contributed by atoms with E-state index in [1.807, 2.05) is 31.2 Å². The van der Waals surface area contributed by atoms with Crippen molar-refractivity contribution < 1.29 is 13.2 Å². The molecule has 17 heavy (non-hydrogen) atoms. The molecule has 1 rings (SSSR count). The van der Waals surface area contributed by atoms with E-state index in [4.69, 9.17) is 5.73 Å². The van der Waals surface area contributed by atoms with Crippen LogP contribution in [0.1, 0.15) is 11.1 Å². The minimum Gasteiger partial charge on any atom is -0.330 e. The van der Waals surface area contributed by atoms with E-state index in [9.17, 15) is 13.2 Å². The van der Waals surface area contributed by atoms with Gasteiger partial charge in [0, 0.05) is 18.1 Å². The maximum Gasteiger partial charge on any atom is 0.393 e. The summed E-state index contributed by atoms with van der Waals surface area (Å²) in [6.07, 6.45) is -4.19. The normalized spacial score (nSPS) is 13.7. The average molecular weight is 263 g/mol. The van der Waals surface area contributed by atoms with Crippen molar-refractivity contribution in [2.45, 2.75) is 18.9 Å². The van der Waals surface area contributed by atoms with Crippen LogP contribution >= 0.6 is 11.8 Å². The molecule has 5 heteroatoms.